The summed E-state index contributed by atoms with van der Waals surface area (Å²) in [5.74, 6) is 0. The zero-order valence-corrected chi connectivity index (χ0v) is 13.8. The minimum Gasteiger partial charge on any atom is -0.392 e. The summed E-state index contributed by atoms with van der Waals surface area (Å²) in [6.07, 6.45) is -0.353. The molecule has 0 spiro atoms. The predicted octanol–water partition coefficient (Wildman–Crippen LogP) is 3.41. The summed E-state index contributed by atoms with van der Waals surface area (Å²) in [4.78, 5) is 0. The third-order valence-electron chi connectivity index (χ3n) is 3.78. The molecule has 1 atom stereocenters. The van der Waals surface area contributed by atoms with Crippen LogP contribution in [0.15, 0.2) is 60.7 Å². The fourth-order valence-electron chi connectivity index (χ4n) is 2.21. The van der Waals surface area contributed by atoms with E-state index in [2.05, 4.69) is 0 Å². The molecule has 2 aromatic rings. The molecule has 0 aliphatic heterocycles. The molecule has 2 nitrogen and oxygen atoms in total. The second-order valence-electron chi connectivity index (χ2n) is 6.48. The van der Waals surface area contributed by atoms with Gasteiger partial charge in [-0.2, -0.15) is 0 Å². The summed E-state index contributed by atoms with van der Waals surface area (Å²) >= 11 is 0. The zero-order chi connectivity index (χ0) is 15.5. The summed E-state index contributed by atoms with van der Waals surface area (Å²) in [6.45, 7) is 5.91. The van der Waals surface area contributed by atoms with Gasteiger partial charge in [-0.15, -0.1) is 0 Å². The lowest BCUT2D eigenvalue weighted by Crippen LogP contribution is -2.33. The van der Waals surface area contributed by atoms with Crippen molar-refractivity contribution >= 4 is 17.8 Å². The van der Waals surface area contributed by atoms with Gasteiger partial charge < -0.3 is 9.67 Å². The second kappa shape index (κ2) is 6.17. The Hall–Kier alpha value is -1.37. The largest absolute Gasteiger partial charge is 0.392 e. The van der Waals surface area contributed by atoms with Gasteiger partial charge >= 0.3 is 0 Å². The van der Waals surface area contributed by atoms with Crippen LogP contribution in [0.5, 0.6) is 0 Å². The Morgan fingerprint density at radius 2 is 1.29 bits per heavy atom. The number of aliphatic hydroxyl groups is 1. The van der Waals surface area contributed by atoms with E-state index in [0.29, 0.717) is 0 Å². The van der Waals surface area contributed by atoms with Crippen molar-refractivity contribution in [3.63, 3.8) is 0 Å². The van der Waals surface area contributed by atoms with Crippen molar-refractivity contribution in [3.05, 3.63) is 60.7 Å². The van der Waals surface area contributed by atoms with Gasteiger partial charge in [0.15, 0.2) is 0 Å². The van der Waals surface area contributed by atoms with Gasteiger partial charge in [-0.3, -0.25) is 0 Å². The number of benzene rings is 2. The number of rotatable bonds is 4. The van der Waals surface area contributed by atoms with Gasteiger partial charge in [-0.1, -0.05) is 81.4 Å². The van der Waals surface area contributed by atoms with Crippen LogP contribution in [-0.2, 0) is 4.57 Å². The highest BCUT2D eigenvalue weighted by molar-refractivity contribution is 7.78. The van der Waals surface area contributed by atoms with E-state index in [1.807, 2.05) is 81.4 Å². The maximum atomic E-state index is 13.7. The molecule has 1 unspecified atom stereocenters. The highest BCUT2D eigenvalue weighted by Crippen LogP contribution is 2.45. The molecule has 0 bridgehead atoms. The van der Waals surface area contributed by atoms with Crippen molar-refractivity contribution < 1.29 is 9.67 Å². The van der Waals surface area contributed by atoms with Crippen molar-refractivity contribution in [2.45, 2.75) is 26.9 Å². The molecule has 3 heteroatoms. The van der Waals surface area contributed by atoms with Crippen LogP contribution in [0.1, 0.15) is 20.8 Å². The quantitative estimate of drug-likeness (QED) is 0.879. The van der Waals surface area contributed by atoms with Crippen LogP contribution in [0, 0.1) is 5.41 Å². The maximum Gasteiger partial charge on any atom is 0.145 e. The number of hydrogen-bond donors (Lipinski definition) is 1. The Labute approximate surface area is 127 Å². The molecule has 1 N–H and O–H groups in total. The zero-order valence-electron chi connectivity index (χ0n) is 12.9. The smallest absolute Gasteiger partial charge is 0.145 e. The van der Waals surface area contributed by atoms with Gasteiger partial charge in [-0.25, -0.2) is 0 Å². The SMILES string of the molecule is CC(C)(C)C(O)CP(=O)(c1ccccc1)c1ccccc1. The molecule has 21 heavy (non-hydrogen) atoms. The van der Waals surface area contributed by atoms with Gasteiger partial charge in [0.1, 0.15) is 7.14 Å². The Kier molecular flexibility index (Phi) is 4.70. The summed E-state index contributed by atoms with van der Waals surface area (Å²) in [7, 11) is -2.83. The second-order valence-corrected chi connectivity index (χ2v) is 9.35. The first-order chi connectivity index (χ1) is 9.84. The number of aliphatic hydroxyl groups excluding tert-OH is 1. The Balaban J connectivity index is 2.48. The molecule has 0 saturated carbocycles. The van der Waals surface area contributed by atoms with E-state index in [1.165, 1.54) is 0 Å². The molecule has 2 aromatic carbocycles. The minimum absolute atomic E-state index is 0.268. The topological polar surface area (TPSA) is 37.3 Å². The molecule has 0 amide bonds. The molecule has 0 saturated heterocycles. The summed E-state index contributed by atoms with van der Waals surface area (Å²) in [6, 6.07) is 19.0. The Morgan fingerprint density at radius 3 is 1.62 bits per heavy atom. The first kappa shape index (κ1) is 16.0. The molecule has 0 aliphatic rings. The van der Waals surface area contributed by atoms with E-state index in [1.54, 1.807) is 0 Å². The van der Waals surface area contributed by atoms with E-state index >= 15 is 0 Å². The van der Waals surface area contributed by atoms with E-state index in [0.717, 1.165) is 10.6 Å². The highest BCUT2D eigenvalue weighted by Gasteiger charge is 2.34. The van der Waals surface area contributed by atoms with Crippen LogP contribution in [0.25, 0.3) is 0 Å². The van der Waals surface area contributed by atoms with Crippen molar-refractivity contribution in [2.24, 2.45) is 5.41 Å². The van der Waals surface area contributed by atoms with E-state index < -0.39 is 13.2 Å². The van der Waals surface area contributed by atoms with Crippen molar-refractivity contribution in [3.8, 4) is 0 Å². The molecular formula is C18H23O2P. The fourth-order valence-corrected chi connectivity index (χ4v) is 5.28. The lowest BCUT2D eigenvalue weighted by Gasteiger charge is -2.30. The first-order valence-electron chi connectivity index (χ1n) is 7.22. The fraction of sp³-hybridized carbons (Fsp3) is 0.333. The standard InChI is InChI=1S/C18H23O2P/c1-18(2,3)17(19)14-21(20,15-10-6-4-7-11-15)16-12-8-5-9-13-16/h4-13,17,19H,14H2,1-3H3. The van der Waals surface area contributed by atoms with E-state index in [-0.39, 0.29) is 11.6 Å². The normalized spacial score (nSPS) is 13.9. The van der Waals surface area contributed by atoms with Crippen LogP contribution >= 0.6 is 7.14 Å². The summed E-state index contributed by atoms with van der Waals surface area (Å²) < 4.78 is 13.7. The van der Waals surface area contributed by atoms with Gasteiger partial charge in [-0.05, 0) is 5.41 Å². The van der Waals surface area contributed by atoms with Crippen LogP contribution < -0.4 is 10.6 Å². The Morgan fingerprint density at radius 1 is 0.905 bits per heavy atom. The molecule has 0 radical (unpaired) electrons. The van der Waals surface area contributed by atoms with Crippen LogP contribution in [-0.4, -0.2) is 17.4 Å². The molecular weight excluding hydrogens is 279 g/mol. The lowest BCUT2D eigenvalue weighted by atomic mass is 9.90. The maximum absolute atomic E-state index is 13.7. The van der Waals surface area contributed by atoms with Gasteiger partial charge in [0, 0.05) is 16.8 Å². The molecule has 2 rings (SSSR count). The summed E-state index contributed by atoms with van der Waals surface area (Å²) in [5, 5.41) is 12.1. The highest BCUT2D eigenvalue weighted by atomic mass is 31.2. The number of hydrogen-bond acceptors (Lipinski definition) is 2. The average molecular weight is 302 g/mol. The summed E-state index contributed by atoms with van der Waals surface area (Å²) in [5.41, 5.74) is -0.292. The third-order valence-corrected chi connectivity index (χ3v) is 6.90. The predicted molar refractivity (Wildman–Crippen MR) is 90.1 cm³/mol. The van der Waals surface area contributed by atoms with Gasteiger partial charge in [0.05, 0.1) is 6.10 Å². The molecule has 0 aliphatic carbocycles. The van der Waals surface area contributed by atoms with Crippen molar-refractivity contribution in [1.82, 2.24) is 0 Å². The molecule has 0 heterocycles. The molecule has 112 valence electrons. The van der Waals surface area contributed by atoms with Crippen LogP contribution in [0.2, 0.25) is 0 Å². The van der Waals surface area contributed by atoms with Gasteiger partial charge in [0.2, 0.25) is 0 Å². The van der Waals surface area contributed by atoms with E-state index in [4.69, 9.17) is 0 Å². The van der Waals surface area contributed by atoms with Crippen LogP contribution in [0.3, 0.4) is 0 Å². The lowest BCUT2D eigenvalue weighted by molar-refractivity contribution is 0.0827. The Bertz CT molecular complexity index is 571. The van der Waals surface area contributed by atoms with Crippen molar-refractivity contribution in [1.29, 1.82) is 0 Å². The van der Waals surface area contributed by atoms with E-state index in [9.17, 15) is 9.67 Å². The third kappa shape index (κ3) is 3.64. The first-order valence-corrected chi connectivity index (χ1v) is 9.11. The molecule has 0 fully saturated rings. The van der Waals surface area contributed by atoms with Crippen LogP contribution in [0.4, 0.5) is 0 Å². The molecule has 0 aromatic heterocycles. The van der Waals surface area contributed by atoms with Crippen molar-refractivity contribution in [2.75, 3.05) is 6.16 Å². The van der Waals surface area contributed by atoms with Gasteiger partial charge in [0.25, 0.3) is 0 Å². The minimum atomic E-state index is -2.83. The monoisotopic (exact) mass is 302 g/mol. The average Bonchev–Trinajstić information content (AvgIpc) is 2.48.